The van der Waals surface area contributed by atoms with Crippen molar-refractivity contribution in [1.82, 2.24) is 15.5 Å². The molecule has 1 aliphatic carbocycles. The van der Waals surface area contributed by atoms with Crippen LogP contribution >= 0.6 is 0 Å². The van der Waals surface area contributed by atoms with Crippen LogP contribution in [0.1, 0.15) is 62.9 Å². The Hall–Kier alpha value is -1.82. The van der Waals surface area contributed by atoms with E-state index in [-0.39, 0.29) is 11.5 Å². The van der Waals surface area contributed by atoms with Gasteiger partial charge in [-0.15, -0.1) is 10.2 Å². The van der Waals surface area contributed by atoms with Crippen LogP contribution in [0.5, 0.6) is 0 Å². The van der Waals surface area contributed by atoms with E-state index in [4.69, 9.17) is 4.42 Å². The molecule has 1 aromatic carbocycles. The molecule has 0 saturated heterocycles. The Morgan fingerprint density at radius 3 is 2.61 bits per heavy atom. The van der Waals surface area contributed by atoms with Crippen molar-refractivity contribution in [2.24, 2.45) is 5.41 Å². The Labute approximate surface area is 134 Å². The average Bonchev–Trinajstić information content (AvgIpc) is 3.19. The molecule has 0 spiro atoms. The van der Waals surface area contributed by atoms with Crippen molar-refractivity contribution in [2.75, 3.05) is 0 Å². The maximum Gasteiger partial charge on any atom is 0.230 e. The first kappa shape index (κ1) is 16.1. The van der Waals surface area contributed by atoms with Gasteiger partial charge >= 0.3 is 0 Å². The lowest BCUT2D eigenvalue weighted by molar-refractivity contribution is 0.255. The fourth-order valence-electron chi connectivity index (χ4n) is 2.64. The quantitative estimate of drug-likeness (QED) is 0.900. The van der Waals surface area contributed by atoms with Crippen molar-refractivity contribution in [3.05, 3.63) is 47.2 Å². The van der Waals surface area contributed by atoms with Gasteiger partial charge in [0.15, 0.2) is 0 Å². The van der Waals surface area contributed by atoms with Gasteiger partial charge in [0.25, 0.3) is 0 Å². The number of hydrogen-bond donors (Lipinski definition) is 1. The Balaban J connectivity index is 1.76. The van der Waals surface area contributed by atoms with E-state index in [9.17, 15) is 8.78 Å². The van der Waals surface area contributed by atoms with Gasteiger partial charge in [-0.2, -0.15) is 0 Å². The van der Waals surface area contributed by atoms with Gasteiger partial charge in [0.1, 0.15) is 11.6 Å². The summed E-state index contributed by atoms with van der Waals surface area (Å²) >= 11 is 0. The van der Waals surface area contributed by atoms with E-state index in [0.29, 0.717) is 29.8 Å². The van der Waals surface area contributed by atoms with Crippen LogP contribution in [0.4, 0.5) is 8.78 Å². The third-order valence-electron chi connectivity index (χ3n) is 4.01. The van der Waals surface area contributed by atoms with Crippen LogP contribution in [0.15, 0.2) is 22.6 Å². The molecule has 0 bridgehead atoms. The van der Waals surface area contributed by atoms with Crippen LogP contribution in [-0.2, 0) is 6.54 Å². The van der Waals surface area contributed by atoms with Gasteiger partial charge < -0.3 is 9.73 Å². The number of halogens is 2. The van der Waals surface area contributed by atoms with Crippen LogP contribution in [0.3, 0.4) is 0 Å². The van der Waals surface area contributed by atoms with E-state index in [1.807, 2.05) is 20.8 Å². The molecule has 2 aromatic rings. The summed E-state index contributed by atoms with van der Waals surface area (Å²) in [4.78, 5) is 0. The van der Waals surface area contributed by atoms with Crippen LogP contribution in [0, 0.1) is 17.0 Å². The zero-order valence-electron chi connectivity index (χ0n) is 13.6. The molecule has 1 aliphatic rings. The molecule has 1 fully saturated rings. The summed E-state index contributed by atoms with van der Waals surface area (Å²) in [5, 5.41) is 11.3. The molecule has 1 heterocycles. The predicted molar refractivity (Wildman–Crippen MR) is 81.7 cm³/mol. The smallest absolute Gasteiger partial charge is 0.230 e. The van der Waals surface area contributed by atoms with Gasteiger partial charge in [0, 0.05) is 23.6 Å². The number of nitrogens with one attached hydrogen (secondary N) is 1. The van der Waals surface area contributed by atoms with E-state index in [2.05, 4.69) is 15.5 Å². The van der Waals surface area contributed by atoms with E-state index in [0.717, 1.165) is 18.9 Å². The number of benzene rings is 1. The van der Waals surface area contributed by atoms with Gasteiger partial charge in [-0.25, -0.2) is 8.78 Å². The van der Waals surface area contributed by atoms with Crippen molar-refractivity contribution in [1.29, 1.82) is 0 Å². The fourth-order valence-corrected chi connectivity index (χ4v) is 2.64. The first-order valence-electron chi connectivity index (χ1n) is 7.85. The molecular formula is C17H21F2N3O. The van der Waals surface area contributed by atoms with Crippen LogP contribution in [-0.4, -0.2) is 10.2 Å². The summed E-state index contributed by atoms with van der Waals surface area (Å²) in [6.07, 6.45) is 2.20. The Morgan fingerprint density at radius 1 is 1.26 bits per heavy atom. The molecule has 1 saturated carbocycles. The number of rotatable bonds is 5. The molecule has 1 N–H and O–H groups in total. The van der Waals surface area contributed by atoms with Gasteiger partial charge in [-0.1, -0.05) is 26.8 Å². The molecule has 0 radical (unpaired) electrons. The first-order valence-corrected chi connectivity index (χ1v) is 7.85. The van der Waals surface area contributed by atoms with E-state index in [1.165, 1.54) is 12.1 Å². The SMILES string of the molecule is CC(C)(C)C(NCc1nnc(C2CC2)o1)c1ccc(F)cc1F. The summed E-state index contributed by atoms with van der Waals surface area (Å²) in [5.74, 6) is 0.446. The molecule has 1 atom stereocenters. The lowest BCUT2D eigenvalue weighted by Gasteiger charge is -2.32. The highest BCUT2D eigenvalue weighted by Gasteiger charge is 2.31. The van der Waals surface area contributed by atoms with Crippen molar-refractivity contribution >= 4 is 0 Å². The molecule has 1 unspecified atom stereocenters. The highest BCUT2D eigenvalue weighted by Crippen LogP contribution is 2.39. The van der Waals surface area contributed by atoms with Gasteiger partial charge in [-0.05, 0) is 24.3 Å². The molecule has 3 rings (SSSR count). The molecule has 6 heteroatoms. The van der Waals surface area contributed by atoms with Crippen molar-refractivity contribution in [3.63, 3.8) is 0 Å². The van der Waals surface area contributed by atoms with Crippen molar-refractivity contribution in [3.8, 4) is 0 Å². The minimum absolute atomic E-state index is 0.266. The Morgan fingerprint density at radius 2 is 2.00 bits per heavy atom. The van der Waals surface area contributed by atoms with Crippen LogP contribution < -0.4 is 5.32 Å². The van der Waals surface area contributed by atoms with Crippen molar-refractivity contribution in [2.45, 2.75) is 52.1 Å². The summed E-state index contributed by atoms with van der Waals surface area (Å²) in [5.41, 5.74) is 0.165. The molecule has 0 aliphatic heterocycles. The fraction of sp³-hybridized carbons (Fsp3) is 0.529. The second-order valence-electron chi connectivity index (χ2n) is 7.15. The second kappa shape index (κ2) is 6.00. The minimum Gasteiger partial charge on any atom is -0.424 e. The normalized spacial score (nSPS) is 16.6. The summed E-state index contributed by atoms with van der Waals surface area (Å²) in [6, 6.07) is 3.36. The third kappa shape index (κ3) is 3.75. The molecule has 23 heavy (non-hydrogen) atoms. The third-order valence-corrected chi connectivity index (χ3v) is 4.01. The summed E-state index contributed by atoms with van der Waals surface area (Å²) < 4.78 is 32.9. The van der Waals surface area contributed by atoms with E-state index >= 15 is 0 Å². The molecule has 0 amide bonds. The largest absolute Gasteiger partial charge is 0.424 e. The number of hydrogen-bond acceptors (Lipinski definition) is 4. The molecule has 124 valence electrons. The maximum absolute atomic E-state index is 14.1. The topological polar surface area (TPSA) is 51.0 Å². The zero-order valence-corrected chi connectivity index (χ0v) is 13.6. The zero-order chi connectivity index (χ0) is 16.6. The van der Waals surface area contributed by atoms with Gasteiger partial charge in [0.05, 0.1) is 6.54 Å². The average molecular weight is 321 g/mol. The highest BCUT2D eigenvalue weighted by molar-refractivity contribution is 5.24. The molecular weight excluding hydrogens is 300 g/mol. The summed E-state index contributed by atoms with van der Waals surface area (Å²) in [7, 11) is 0. The molecule has 4 nitrogen and oxygen atoms in total. The number of nitrogens with zero attached hydrogens (tertiary/aromatic N) is 2. The Bertz CT molecular complexity index is 689. The first-order chi connectivity index (χ1) is 10.8. The second-order valence-corrected chi connectivity index (χ2v) is 7.15. The Kier molecular flexibility index (Phi) is 4.19. The van der Waals surface area contributed by atoms with Gasteiger partial charge in [-0.3, -0.25) is 0 Å². The number of aromatic nitrogens is 2. The van der Waals surface area contributed by atoms with Crippen molar-refractivity contribution < 1.29 is 13.2 Å². The minimum atomic E-state index is -0.579. The highest BCUT2D eigenvalue weighted by atomic mass is 19.1. The lowest BCUT2D eigenvalue weighted by Crippen LogP contribution is -2.32. The molecule has 1 aromatic heterocycles. The predicted octanol–water partition coefficient (Wildman–Crippen LogP) is 4.10. The van der Waals surface area contributed by atoms with E-state index in [1.54, 1.807) is 0 Å². The maximum atomic E-state index is 14.1. The standard InChI is InChI=1S/C17H21F2N3O/c1-17(2,3)15(12-7-6-11(18)8-13(12)19)20-9-14-21-22-16(23-14)10-4-5-10/h6-8,10,15,20H,4-5,9H2,1-3H3. The van der Waals surface area contributed by atoms with E-state index < -0.39 is 11.6 Å². The summed E-state index contributed by atoms with van der Waals surface area (Å²) in [6.45, 7) is 6.34. The monoisotopic (exact) mass is 321 g/mol. The van der Waals surface area contributed by atoms with Crippen LogP contribution in [0.25, 0.3) is 0 Å². The van der Waals surface area contributed by atoms with Crippen LogP contribution in [0.2, 0.25) is 0 Å². The van der Waals surface area contributed by atoms with Gasteiger partial charge in [0.2, 0.25) is 11.8 Å². The lowest BCUT2D eigenvalue weighted by atomic mass is 9.82.